The van der Waals surface area contributed by atoms with Gasteiger partial charge in [-0.1, -0.05) is 30.4 Å². The minimum absolute atomic E-state index is 0.0544. The van der Waals surface area contributed by atoms with Gasteiger partial charge < -0.3 is 10.4 Å². The van der Waals surface area contributed by atoms with Gasteiger partial charge in [-0.3, -0.25) is 9.78 Å². The molecule has 3 rings (SSSR count). The number of pyridine rings is 1. The summed E-state index contributed by atoms with van der Waals surface area (Å²) in [7, 11) is 0. The van der Waals surface area contributed by atoms with Crippen LogP contribution in [0.2, 0.25) is 0 Å². The predicted molar refractivity (Wildman–Crippen MR) is 91.7 cm³/mol. The van der Waals surface area contributed by atoms with E-state index in [1.54, 1.807) is 0 Å². The van der Waals surface area contributed by atoms with Crippen LogP contribution >= 0.6 is 0 Å². The highest BCUT2D eigenvalue weighted by atomic mass is 16.3. The highest BCUT2D eigenvalue weighted by Crippen LogP contribution is 2.53. The van der Waals surface area contributed by atoms with E-state index in [0.29, 0.717) is 6.42 Å². The van der Waals surface area contributed by atoms with Gasteiger partial charge in [-0.05, 0) is 43.9 Å². The molecule has 23 heavy (non-hydrogen) atoms. The summed E-state index contributed by atoms with van der Waals surface area (Å²) in [4.78, 5) is 16.7. The van der Waals surface area contributed by atoms with Gasteiger partial charge in [0, 0.05) is 17.6 Å². The Hall–Kier alpha value is -2.20. The smallest absolute Gasteiger partial charge is 0.229 e. The van der Waals surface area contributed by atoms with E-state index in [2.05, 4.69) is 16.4 Å². The second kappa shape index (κ2) is 6.13. The van der Waals surface area contributed by atoms with Crippen molar-refractivity contribution >= 4 is 22.9 Å². The molecular formula is C19H22N2O2. The summed E-state index contributed by atoms with van der Waals surface area (Å²) in [5, 5.41) is 13.6. The third-order valence-electron chi connectivity index (χ3n) is 4.42. The van der Waals surface area contributed by atoms with Crippen LogP contribution in [0.1, 0.15) is 25.8 Å². The Morgan fingerprint density at radius 2 is 2.26 bits per heavy atom. The molecule has 0 bridgehead atoms. The van der Waals surface area contributed by atoms with E-state index in [9.17, 15) is 9.90 Å². The van der Waals surface area contributed by atoms with Crippen LogP contribution in [0.4, 0.5) is 0 Å². The lowest BCUT2D eigenvalue weighted by Crippen LogP contribution is -2.39. The molecule has 1 amide bonds. The van der Waals surface area contributed by atoms with Crippen molar-refractivity contribution in [2.45, 2.75) is 26.3 Å². The maximum atomic E-state index is 12.2. The average molecular weight is 310 g/mol. The van der Waals surface area contributed by atoms with Crippen LogP contribution in [0.15, 0.2) is 42.6 Å². The van der Waals surface area contributed by atoms with Crippen molar-refractivity contribution in [2.75, 3.05) is 6.61 Å². The number of carbonyl (C=O) groups is 1. The fourth-order valence-electron chi connectivity index (χ4n) is 2.91. The molecule has 0 saturated heterocycles. The first-order valence-corrected chi connectivity index (χ1v) is 8.00. The van der Waals surface area contributed by atoms with E-state index < -0.39 is 5.41 Å². The molecule has 2 atom stereocenters. The highest BCUT2D eigenvalue weighted by molar-refractivity contribution is 5.87. The van der Waals surface area contributed by atoms with Crippen LogP contribution in [-0.4, -0.2) is 28.6 Å². The first-order valence-electron chi connectivity index (χ1n) is 8.00. The summed E-state index contributed by atoms with van der Waals surface area (Å²) < 4.78 is 0. The van der Waals surface area contributed by atoms with Crippen molar-refractivity contribution in [3.8, 4) is 0 Å². The van der Waals surface area contributed by atoms with Crippen molar-refractivity contribution < 1.29 is 9.90 Å². The summed E-state index contributed by atoms with van der Waals surface area (Å²) in [6.45, 7) is 3.74. The number of para-hydroxylation sites is 1. The van der Waals surface area contributed by atoms with Gasteiger partial charge in [0.2, 0.25) is 5.91 Å². The van der Waals surface area contributed by atoms with Crippen molar-refractivity contribution in [2.24, 2.45) is 11.3 Å². The Morgan fingerprint density at radius 3 is 3.00 bits per heavy atom. The zero-order valence-electron chi connectivity index (χ0n) is 13.5. The number of nitrogens with one attached hydrogen (secondary N) is 1. The molecule has 0 spiro atoms. The maximum absolute atomic E-state index is 12.2. The summed E-state index contributed by atoms with van der Waals surface area (Å²) in [6.07, 6.45) is 6.53. The zero-order chi connectivity index (χ0) is 16.4. The molecule has 0 aliphatic heterocycles. The number of fused-ring (bicyclic) bond motifs is 1. The number of aliphatic hydroxyl groups excluding tert-OH is 1. The molecule has 1 aliphatic rings. The standard InChI is InChI=1S/C19H22N2O2/c1-13(2)21-18(23)19(12-22)10-16(19)8-7-14-9-15-5-3-4-6-17(15)20-11-14/h3-9,11,13,16,22H,10,12H2,1-2H3,(H,21,23). The molecule has 1 aliphatic carbocycles. The molecule has 2 aromatic rings. The van der Waals surface area contributed by atoms with Gasteiger partial charge in [0.25, 0.3) is 0 Å². The van der Waals surface area contributed by atoms with E-state index >= 15 is 0 Å². The minimum Gasteiger partial charge on any atom is -0.395 e. The van der Waals surface area contributed by atoms with Crippen LogP contribution in [0.5, 0.6) is 0 Å². The lowest BCUT2D eigenvalue weighted by Gasteiger charge is -2.15. The van der Waals surface area contributed by atoms with E-state index in [-0.39, 0.29) is 24.5 Å². The Kier molecular flexibility index (Phi) is 4.18. The summed E-state index contributed by atoms with van der Waals surface area (Å²) >= 11 is 0. The molecule has 120 valence electrons. The molecule has 1 fully saturated rings. The van der Waals surface area contributed by atoms with Crippen molar-refractivity contribution in [3.05, 3.63) is 48.2 Å². The largest absolute Gasteiger partial charge is 0.395 e. The number of rotatable bonds is 5. The van der Waals surface area contributed by atoms with Gasteiger partial charge in [-0.15, -0.1) is 0 Å². The van der Waals surface area contributed by atoms with Crippen molar-refractivity contribution in [3.63, 3.8) is 0 Å². The molecule has 4 nitrogen and oxygen atoms in total. The SMILES string of the molecule is CC(C)NC(=O)C1(CO)CC1C=Cc1cnc2ccccc2c1. The summed E-state index contributed by atoms with van der Waals surface area (Å²) in [6, 6.07) is 10.1. The van der Waals surface area contributed by atoms with Gasteiger partial charge in [0.05, 0.1) is 17.5 Å². The number of nitrogens with zero attached hydrogens (tertiary/aromatic N) is 1. The molecule has 1 aromatic carbocycles. The molecule has 1 aromatic heterocycles. The lowest BCUT2D eigenvalue weighted by atomic mass is 10.0. The Labute approximate surface area is 136 Å². The number of aromatic nitrogens is 1. The van der Waals surface area contributed by atoms with Crippen LogP contribution in [0, 0.1) is 11.3 Å². The van der Waals surface area contributed by atoms with Gasteiger partial charge >= 0.3 is 0 Å². The fourth-order valence-corrected chi connectivity index (χ4v) is 2.91. The van der Waals surface area contributed by atoms with Crippen LogP contribution in [-0.2, 0) is 4.79 Å². The zero-order valence-corrected chi connectivity index (χ0v) is 13.5. The number of amides is 1. The first-order chi connectivity index (χ1) is 11.0. The number of allylic oxidation sites excluding steroid dienone is 1. The summed E-state index contributed by atoms with van der Waals surface area (Å²) in [5.41, 5.74) is 1.33. The number of hydrogen-bond acceptors (Lipinski definition) is 3. The average Bonchev–Trinajstić information content (AvgIpc) is 3.27. The molecule has 0 radical (unpaired) electrons. The summed E-state index contributed by atoms with van der Waals surface area (Å²) in [5.74, 6) is 0.0269. The predicted octanol–water partition coefficient (Wildman–Crippen LogP) is 2.77. The number of aliphatic hydroxyl groups is 1. The van der Waals surface area contributed by atoms with Crippen LogP contribution < -0.4 is 5.32 Å². The van der Waals surface area contributed by atoms with Crippen molar-refractivity contribution in [1.29, 1.82) is 0 Å². The Morgan fingerprint density at radius 1 is 1.48 bits per heavy atom. The lowest BCUT2D eigenvalue weighted by molar-refractivity contribution is -0.128. The van der Waals surface area contributed by atoms with Crippen LogP contribution in [0.25, 0.3) is 17.0 Å². The first kappa shape index (κ1) is 15.7. The number of benzene rings is 1. The normalized spacial score (nSPS) is 23.6. The molecule has 2 unspecified atom stereocenters. The van der Waals surface area contributed by atoms with E-state index in [0.717, 1.165) is 16.5 Å². The molecule has 1 saturated carbocycles. The van der Waals surface area contributed by atoms with Gasteiger partial charge in [0.15, 0.2) is 0 Å². The quantitative estimate of drug-likeness (QED) is 0.892. The Bertz CT molecular complexity index is 754. The number of carbonyl (C=O) groups excluding carboxylic acids is 1. The molecule has 2 N–H and O–H groups in total. The van der Waals surface area contributed by atoms with E-state index in [1.807, 2.05) is 56.5 Å². The van der Waals surface area contributed by atoms with E-state index in [4.69, 9.17) is 0 Å². The molecule has 4 heteroatoms. The number of hydrogen-bond donors (Lipinski definition) is 2. The second-order valence-corrected chi connectivity index (χ2v) is 6.57. The third-order valence-corrected chi connectivity index (χ3v) is 4.42. The van der Waals surface area contributed by atoms with Gasteiger partial charge in [-0.25, -0.2) is 0 Å². The topological polar surface area (TPSA) is 62.2 Å². The molecule has 1 heterocycles. The minimum atomic E-state index is -0.648. The Balaban J connectivity index is 1.73. The van der Waals surface area contributed by atoms with Crippen LogP contribution in [0.3, 0.4) is 0 Å². The van der Waals surface area contributed by atoms with Crippen molar-refractivity contribution in [1.82, 2.24) is 10.3 Å². The highest BCUT2D eigenvalue weighted by Gasteiger charge is 2.58. The van der Waals surface area contributed by atoms with Gasteiger partial charge in [0.1, 0.15) is 0 Å². The monoisotopic (exact) mass is 310 g/mol. The molecular weight excluding hydrogens is 288 g/mol. The maximum Gasteiger partial charge on any atom is 0.229 e. The fraction of sp³-hybridized carbons (Fsp3) is 0.368. The second-order valence-electron chi connectivity index (χ2n) is 6.57. The third kappa shape index (κ3) is 3.13. The van der Waals surface area contributed by atoms with Gasteiger partial charge in [-0.2, -0.15) is 0 Å². The van der Waals surface area contributed by atoms with E-state index in [1.165, 1.54) is 0 Å².